The smallest absolute Gasteiger partial charge is 0.430 e. The Kier molecular flexibility index (Phi) is 5.01. The molecule has 1 aromatic rings. The van der Waals surface area contributed by atoms with Crippen LogP contribution < -0.4 is 9.47 Å². The van der Waals surface area contributed by atoms with E-state index in [-0.39, 0.29) is 33.7 Å². The number of hydrogen-bond acceptors (Lipinski definition) is 4. The third kappa shape index (κ3) is 3.35. The average molecular weight is 371 g/mol. The van der Waals surface area contributed by atoms with E-state index in [4.69, 9.17) is 32.7 Å². The van der Waals surface area contributed by atoms with E-state index in [1.54, 1.807) is 0 Å². The van der Waals surface area contributed by atoms with Gasteiger partial charge in [0.1, 0.15) is 10.8 Å². The number of rotatable bonds is 3. The highest BCUT2D eigenvalue weighted by Crippen LogP contribution is 2.47. The summed E-state index contributed by atoms with van der Waals surface area (Å²) >= 11 is 11.9. The molecule has 4 nitrogen and oxygen atoms in total. The molecule has 0 bridgehead atoms. The summed E-state index contributed by atoms with van der Waals surface area (Å²) in [5.74, 6) is -1.40. The minimum Gasteiger partial charge on any atom is -0.493 e. The highest BCUT2D eigenvalue weighted by Gasteiger charge is 2.49. The summed E-state index contributed by atoms with van der Waals surface area (Å²) in [7, 11) is 1.27. The summed E-state index contributed by atoms with van der Waals surface area (Å²) in [6.45, 7) is 1.41. The van der Waals surface area contributed by atoms with Gasteiger partial charge in [-0.3, -0.25) is 0 Å². The molecular weight excluding hydrogens is 360 g/mol. The fraction of sp³-hybridized carbons (Fsp3) is 0.357. The Bertz CT molecular complexity index is 671. The third-order valence-electron chi connectivity index (χ3n) is 3.00. The summed E-state index contributed by atoms with van der Waals surface area (Å²) < 4.78 is 54.1. The Morgan fingerprint density at radius 2 is 2.04 bits per heavy atom. The molecule has 0 saturated carbocycles. The van der Waals surface area contributed by atoms with Crippen molar-refractivity contribution in [3.8, 4) is 11.5 Å². The van der Waals surface area contributed by atoms with Gasteiger partial charge in [-0.2, -0.15) is 13.2 Å². The number of fused-ring (bicyclic) bond motifs is 1. The van der Waals surface area contributed by atoms with Crippen molar-refractivity contribution in [2.45, 2.75) is 19.2 Å². The Labute approximate surface area is 139 Å². The van der Waals surface area contributed by atoms with Crippen molar-refractivity contribution in [2.24, 2.45) is 0 Å². The second-order valence-corrected chi connectivity index (χ2v) is 5.27. The normalized spacial score (nSPS) is 17.0. The lowest BCUT2D eigenvalue weighted by atomic mass is 10.0. The van der Waals surface area contributed by atoms with E-state index in [0.717, 1.165) is 6.08 Å². The molecule has 1 aliphatic heterocycles. The van der Waals surface area contributed by atoms with Crippen LogP contribution in [-0.2, 0) is 9.53 Å². The van der Waals surface area contributed by atoms with Crippen molar-refractivity contribution >= 4 is 35.2 Å². The summed E-state index contributed by atoms with van der Waals surface area (Å²) in [6, 6.07) is 1.30. The van der Waals surface area contributed by atoms with Gasteiger partial charge in [0.2, 0.25) is 6.10 Å². The number of hydrogen-bond donors (Lipinski definition) is 0. The Hall–Kier alpha value is -1.60. The minimum absolute atomic E-state index is 0.0130. The van der Waals surface area contributed by atoms with Crippen LogP contribution in [-0.4, -0.2) is 32.0 Å². The number of carbonyl (C=O) groups excluding carboxylic acids is 1. The monoisotopic (exact) mass is 370 g/mol. The van der Waals surface area contributed by atoms with Crippen molar-refractivity contribution in [3.63, 3.8) is 0 Å². The van der Waals surface area contributed by atoms with Gasteiger partial charge in [-0.15, -0.1) is 0 Å². The van der Waals surface area contributed by atoms with Crippen molar-refractivity contribution in [1.82, 2.24) is 0 Å². The van der Waals surface area contributed by atoms with Crippen LogP contribution in [0.1, 0.15) is 12.5 Å². The molecule has 0 spiro atoms. The molecule has 126 valence electrons. The number of ether oxygens (including phenoxy) is 3. The van der Waals surface area contributed by atoms with E-state index in [2.05, 4.69) is 4.74 Å². The summed E-state index contributed by atoms with van der Waals surface area (Å²) in [5.41, 5.74) is -0.548. The largest absolute Gasteiger partial charge is 0.493 e. The fourth-order valence-corrected chi connectivity index (χ4v) is 2.73. The van der Waals surface area contributed by atoms with Crippen LogP contribution >= 0.6 is 23.2 Å². The van der Waals surface area contributed by atoms with Gasteiger partial charge < -0.3 is 14.2 Å². The second kappa shape index (κ2) is 6.49. The summed E-state index contributed by atoms with van der Waals surface area (Å²) in [6.07, 6.45) is -6.31. The van der Waals surface area contributed by atoms with E-state index in [1.807, 2.05) is 0 Å². The first-order chi connectivity index (χ1) is 10.7. The zero-order chi connectivity index (χ0) is 17.4. The van der Waals surface area contributed by atoms with Crippen molar-refractivity contribution < 1.29 is 32.2 Å². The molecule has 0 saturated heterocycles. The van der Waals surface area contributed by atoms with Crippen LogP contribution in [0.4, 0.5) is 13.2 Å². The zero-order valence-electron chi connectivity index (χ0n) is 12.0. The molecule has 1 aliphatic rings. The standard InChI is InChI=1S/C14H11Cl2F3O4/c1-3-22-13(20)7-4-6-5-8(15)11(21-2)9(16)10(6)23-12(7)14(17,18)19/h4-5,12H,3H2,1-2H3. The summed E-state index contributed by atoms with van der Waals surface area (Å²) in [4.78, 5) is 11.8. The Morgan fingerprint density at radius 3 is 2.57 bits per heavy atom. The van der Waals surface area contributed by atoms with E-state index in [1.165, 1.54) is 20.1 Å². The number of alkyl halides is 3. The predicted octanol–water partition coefficient (Wildman–Crippen LogP) is 4.27. The lowest BCUT2D eigenvalue weighted by Crippen LogP contribution is -2.40. The highest BCUT2D eigenvalue weighted by molar-refractivity contribution is 6.38. The second-order valence-electron chi connectivity index (χ2n) is 4.48. The van der Waals surface area contributed by atoms with Gasteiger partial charge in [0.05, 0.1) is 24.3 Å². The van der Waals surface area contributed by atoms with Gasteiger partial charge in [0, 0.05) is 5.56 Å². The van der Waals surface area contributed by atoms with E-state index >= 15 is 0 Å². The van der Waals surface area contributed by atoms with Crippen molar-refractivity contribution in [2.75, 3.05) is 13.7 Å². The van der Waals surface area contributed by atoms with Crippen LogP contribution in [0.15, 0.2) is 11.6 Å². The molecule has 1 heterocycles. The molecule has 0 amide bonds. The average Bonchev–Trinajstić information content (AvgIpc) is 2.45. The number of esters is 1. The Morgan fingerprint density at radius 1 is 1.39 bits per heavy atom. The van der Waals surface area contributed by atoms with E-state index in [0.29, 0.717) is 0 Å². The Balaban J connectivity index is 2.62. The van der Waals surface area contributed by atoms with E-state index in [9.17, 15) is 18.0 Å². The van der Waals surface area contributed by atoms with Crippen molar-refractivity contribution in [1.29, 1.82) is 0 Å². The van der Waals surface area contributed by atoms with Crippen molar-refractivity contribution in [3.05, 3.63) is 27.2 Å². The third-order valence-corrected chi connectivity index (χ3v) is 3.63. The number of carbonyl (C=O) groups is 1. The van der Waals surface area contributed by atoms with E-state index < -0.39 is 23.8 Å². The molecule has 23 heavy (non-hydrogen) atoms. The molecule has 0 fully saturated rings. The van der Waals surface area contributed by atoms with Gasteiger partial charge >= 0.3 is 12.1 Å². The molecule has 1 aromatic carbocycles. The number of methoxy groups -OCH3 is 1. The number of benzene rings is 1. The van der Waals surface area contributed by atoms with Gasteiger partial charge in [-0.05, 0) is 19.1 Å². The van der Waals surface area contributed by atoms with Gasteiger partial charge in [-0.1, -0.05) is 23.2 Å². The molecule has 2 rings (SSSR count). The first-order valence-corrected chi connectivity index (χ1v) is 7.14. The predicted molar refractivity (Wildman–Crippen MR) is 78.1 cm³/mol. The SMILES string of the molecule is CCOC(=O)C1=Cc2cc(Cl)c(OC)c(Cl)c2OC1C(F)(F)F. The molecule has 9 heteroatoms. The first kappa shape index (κ1) is 17.7. The van der Waals surface area contributed by atoms with Crippen LogP contribution in [0.3, 0.4) is 0 Å². The molecule has 1 unspecified atom stereocenters. The molecule has 0 radical (unpaired) electrons. The number of halogens is 5. The lowest BCUT2D eigenvalue weighted by molar-refractivity contribution is -0.187. The van der Waals surface area contributed by atoms with Crippen LogP contribution in [0.2, 0.25) is 10.0 Å². The fourth-order valence-electron chi connectivity index (χ4n) is 2.06. The maximum absolute atomic E-state index is 13.2. The summed E-state index contributed by atoms with van der Waals surface area (Å²) in [5, 5.41) is -0.131. The van der Waals surface area contributed by atoms with Crippen LogP contribution in [0.5, 0.6) is 11.5 Å². The molecule has 0 aliphatic carbocycles. The zero-order valence-corrected chi connectivity index (χ0v) is 13.5. The van der Waals surface area contributed by atoms with Crippen LogP contribution in [0, 0.1) is 0 Å². The first-order valence-electron chi connectivity index (χ1n) is 6.38. The molecule has 0 aromatic heterocycles. The molecule has 0 N–H and O–H groups in total. The van der Waals surface area contributed by atoms with Gasteiger partial charge in [0.25, 0.3) is 0 Å². The topological polar surface area (TPSA) is 44.8 Å². The molecule has 1 atom stereocenters. The lowest BCUT2D eigenvalue weighted by Gasteiger charge is -2.29. The highest BCUT2D eigenvalue weighted by atomic mass is 35.5. The maximum Gasteiger partial charge on any atom is 0.430 e. The minimum atomic E-state index is -4.83. The van der Waals surface area contributed by atoms with Gasteiger partial charge in [-0.25, -0.2) is 4.79 Å². The molecular formula is C14H11Cl2F3O4. The van der Waals surface area contributed by atoms with Gasteiger partial charge in [0.15, 0.2) is 5.75 Å². The van der Waals surface area contributed by atoms with Crippen LogP contribution in [0.25, 0.3) is 6.08 Å². The maximum atomic E-state index is 13.2. The quantitative estimate of drug-likeness (QED) is 0.745.